The molecule has 1 aromatic rings. The maximum Gasteiger partial charge on any atom is 0.0889 e. The van der Waals surface area contributed by atoms with E-state index in [4.69, 9.17) is 0 Å². The van der Waals surface area contributed by atoms with E-state index in [0.29, 0.717) is 5.92 Å². The number of fused-ring (bicyclic) bond motifs is 1. The van der Waals surface area contributed by atoms with Crippen molar-refractivity contribution in [2.24, 2.45) is 5.92 Å². The van der Waals surface area contributed by atoms with Gasteiger partial charge in [-0.1, -0.05) is 45.0 Å². The highest BCUT2D eigenvalue weighted by molar-refractivity contribution is 5.47. The van der Waals surface area contributed by atoms with Crippen LogP contribution in [0.1, 0.15) is 38.0 Å². The standard InChI is InChI=1S/C12H16O/c1-8(2)12(3)10-7-5-4-6-9(10)11(12)13/h4-8,11,13H,1-3H3. The van der Waals surface area contributed by atoms with Crippen LogP contribution in [0.5, 0.6) is 0 Å². The van der Waals surface area contributed by atoms with Gasteiger partial charge < -0.3 is 5.11 Å². The van der Waals surface area contributed by atoms with E-state index in [1.54, 1.807) is 0 Å². The molecule has 1 aliphatic carbocycles. The minimum atomic E-state index is -0.274. The Morgan fingerprint density at radius 1 is 1.31 bits per heavy atom. The van der Waals surface area contributed by atoms with Crippen molar-refractivity contribution in [3.05, 3.63) is 35.4 Å². The molecule has 1 heteroatoms. The quantitative estimate of drug-likeness (QED) is 0.697. The Bertz CT molecular complexity index is 330. The average Bonchev–Trinajstić information content (AvgIpc) is 2.15. The number of aliphatic hydroxyl groups excluding tert-OH is 1. The molecule has 2 unspecified atom stereocenters. The van der Waals surface area contributed by atoms with E-state index < -0.39 is 0 Å². The Morgan fingerprint density at radius 3 is 2.54 bits per heavy atom. The summed E-state index contributed by atoms with van der Waals surface area (Å²) in [4.78, 5) is 0. The average molecular weight is 176 g/mol. The summed E-state index contributed by atoms with van der Waals surface area (Å²) < 4.78 is 0. The van der Waals surface area contributed by atoms with Gasteiger partial charge in [-0.15, -0.1) is 0 Å². The molecule has 1 nitrogen and oxygen atoms in total. The van der Waals surface area contributed by atoms with Crippen LogP contribution in [-0.2, 0) is 5.41 Å². The third-order valence-electron chi connectivity index (χ3n) is 3.60. The predicted molar refractivity (Wildman–Crippen MR) is 53.6 cm³/mol. The monoisotopic (exact) mass is 176 g/mol. The molecule has 70 valence electrons. The summed E-state index contributed by atoms with van der Waals surface area (Å²) in [5.74, 6) is 0.484. The lowest BCUT2D eigenvalue weighted by atomic mass is 9.57. The van der Waals surface area contributed by atoms with Gasteiger partial charge >= 0.3 is 0 Å². The van der Waals surface area contributed by atoms with Crippen LogP contribution in [0.3, 0.4) is 0 Å². The maximum absolute atomic E-state index is 9.99. The van der Waals surface area contributed by atoms with E-state index in [9.17, 15) is 5.11 Å². The van der Waals surface area contributed by atoms with Gasteiger partial charge in [-0.25, -0.2) is 0 Å². The van der Waals surface area contributed by atoms with Gasteiger partial charge in [-0.3, -0.25) is 0 Å². The van der Waals surface area contributed by atoms with Crippen molar-refractivity contribution in [2.45, 2.75) is 32.3 Å². The third-order valence-corrected chi connectivity index (χ3v) is 3.60. The molecule has 1 aliphatic rings. The second kappa shape index (κ2) is 2.58. The molecule has 0 saturated heterocycles. The van der Waals surface area contributed by atoms with Crippen molar-refractivity contribution in [3.8, 4) is 0 Å². The van der Waals surface area contributed by atoms with E-state index in [2.05, 4.69) is 26.8 Å². The van der Waals surface area contributed by atoms with Crippen LogP contribution in [0, 0.1) is 5.92 Å². The Balaban J connectivity index is 2.50. The fourth-order valence-corrected chi connectivity index (χ4v) is 2.25. The molecule has 0 spiro atoms. The van der Waals surface area contributed by atoms with Crippen molar-refractivity contribution in [1.82, 2.24) is 0 Å². The number of aliphatic hydroxyl groups is 1. The highest BCUT2D eigenvalue weighted by Crippen LogP contribution is 2.53. The molecule has 0 saturated carbocycles. The number of benzene rings is 1. The third kappa shape index (κ3) is 0.910. The van der Waals surface area contributed by atoms with Gasteiger partial charge in [0.2, 0.25) is 0 Å². The molecular formula is C12H16O. The van der Waals surface area contributed by atoms with Crippen LogP contribution in [0.25, 0.3) is 0 Å². The Morgan fingerprint density at radius 2 is 1.92 bits per heavy atom. The van der Waals surface area contributed by atoms with Gasteiger partial charge in [0, 0.05) is 5.41 Å². The maximum atomic E-state index is 9.99. The van der Waals surface area contributed by atoms with Crippen LogP contribution in [0.4, 0.5) is 0 Å². The summed E-state index contributed by atoms with van der Waals surface area (Å²) in [7, 11) is 0. The summed E-state index contributed by atoms with van der Waals surface area (Å²) in [5.41, 5.74) is 2.40. The minimum Gasteiger partial charge on any atom is -0.387 e. The first-order valence-electron chi connectivity index (χ1n) is 4.86. The lowest BCUT2D eigenvalue weighted by Gasteiger charge is -2.49. The summed E-state index contributed by atoms with van der Waals surface area (Å²) in [6.07, 6.45) is -0.274. The molecule has 13 heavy (non-hydrogen) atoms. The van der Waals surface area contributed by atoms with E-state index in [0.717, 1.165) is 5.56 Å². The van der Waals surface area contributed by atoms with Crippen LogP contribution in [0.15, 0.2) is 24.3 Å². The Hall–Kier alpha value is -0.820. The van der Waals surface area contributed by atoms with E-state index >= 15 is 0 Å². The predicted octanol–water partition coefficient (Wildman–Crippen LogP) is 2.65. The normalized spacial score (nSPS) is 31.3. The highest BCUT2D eigenvalue weighted by Gasteiger charge is 2.48. The van der Waals surface area contributed by atoms with Crippen LogP contribution >= 0.6 is 0 Å². The van der Waals surface area contributed by atoms with Crippen molar-refractivity contribution < 1.29 is 5.11 Å². The number of rotatable bonds is 1. The Kier molecular flexibility index (Phi) is 1.74. The molecule has 0 aliphatic heterocycles. The molecule has 2 rings (SSSR count). The minimum absolute atomic E-state index is 0.0312. The molecule has 0 aromatic heterocycles. The molecule has 1 aromatic carbocycles. The largest absolute Gasteiger partial charge is 0.387 e. The van der Waals surface area contributed by atoms with Gasteiger partial charge in [-0.2, -0.15) is 0 Å². The van der Waals surface area contributed by atoms with Gasteiger partial charge in [0.15, 0.2) is 0 Å². The summed E-state index contributed by atoms with van der Waals surface area (Å²) in [6.45, 7) is 6.48. The molecule has 0 radical (unpaired) electrons. The fraction of sp³-hybridized carbons (Fsp3) is 0.500. The lowest BCUT2D eigenvalue weighted by Crippen LogP contribution is -2.45. The van der Waals surface area contributed by atoms with Crippen molar-refractivity contribution >= 4 is 0 Å². The topological polar surface area (TPSA) is 20.2 Å². The fourth-order valence-electron chi connectivity index (χ4n) is 2.25. The zero-order chi connectivity index (χ0) is 9.64. The highest BCUT2D eigenvalue weighted by atomic mass is 16.3. The van der Waals surface area contributed by atoms with Gasteiger partial charge in [0.1, 0.15) is 0 Å². The van der Waals surface area contributed by atoms with Gasteiger partial charge in [0.25, 0.3) is 0 Å². The lowest BCUT2D eigenvalue weighted by molar-refractivity contribution is 0.0262. The van der Waals surface area contributed by atoms with Gasteiger partial charge in [0.05, 0.1) is 6.10 Å². The molecule has 0 amide bonds. The molecule has 0 heterocycles. The first-order chi connectivity index (χ1) is 6.08. The zero-order valence-corrected chi connectivity index (χ0v) is 8.41. The van der Waals surface area contributed by atoms with Crippen molar-refractivity contribution in [3.63, 3.8) is 0 Å². The van der Waals surface area contributed by atoms with E-state index in [1.165, 1.54) is 5.56 Å². The SMILES string of the molecule is CC(C)C1(C)c2ccccc2C1O. The zero-order valence-electron chi connectivity index (χ0n) is 8.41. The van der Waals surface area contributed by atoms with Crippen LogP contribution in [-0.4, -0.2) is 5.11 Å². The molecule has 2 atom stereocenters. The molecule has 1 N–H and O–H groups in total. The van der Waals surface area contributed by atoms with Crippen molar-refractivity contribution in [1.29, 1.82) is 0 Å². The summed E-state index contributed by atoms with van der Waals surface area (Å²) >= 11 is 0. The van der Waals surface area contributed by atoms with Crippen LogP contribution < -0.4 is 0 Å². The number of hydrogen-bond acceptors (Lipinski definition) is 1. The Labute approximate surface area is 79.4 Å². The summed E-state index contributed by atoms with van der Waals surface area (Å²) in [6, 6.07) is 8.18. The smallest absolute Gasteiger partial charge is 0.0889 e. The molecular weight excluding hydrogens is 160 g/mol. The van der Waals surface area contributed by atoms with E-state index in [-0.39, 0.29) is 11.5 Å². The second-order valence-corrected chi connectivity index (χ2v) is 4.43. The first-order valence-corrected chi connectivity index (χ1v) is 4.86. The van der Waals surface area contributed by atoms with Crippen LogP contribution in [0.2, 0.25) is 0 Å². The first kappa shape index (κ1) is 8.76. The molecule has 0 fully saturated rings. The van der Waals surface area contributed by atoms with E-state index in [1.807, 2.05) is 18.2 Å². The van der Waals surface area contributed by atoms with Gasteiger partial charge in [-0.05, 0) is 17.0 Å². The molecule has 0 bridgehead atoms. The van der Waals surface area contributed by atoms with Crippen molar-refractivity contribution in [2.75, 3.05) is 0 Å². The summed E-state index contributed by atoms with van der Waals surface area (Å²) in [5, 5.41) is 9.99. The number of hydrogen-bond donors (Lipinski definition) is 1. The second-order valence-electron chi connectivity index (χ2n) is 4.43.